The molecule has 1 aliphatic heterocycles. The largest absolute Gasteiger partial charge is 0.497 e. The quantitative estimate of drug-likeness (QED) is 0.181. The number of carbonyl (C=O) groups excluding carboxylic acids is 2. The maximum atomic E-state index is 13.4. The van der Waals surface area contributed by atoms with Crippen LogP contribution in [-0.2, 0) is 21.3 Å². The Morgan fingerprint density at radius 1 is 1.00 bits per heavy atom. The fourth-order valence-corrected chi connectivity index (χ4v) is 8.21. The Bertz CT molecular complexity index is 2080. The highest BCUT2D eigenvalue weighted by molar-refractivity contribution is 7.90. The Labute approximate surface area is 287 Å². The van der Waals surface area contributed by atoms with Gasteiger partial charge in [0, 0.05) is 28.1 Å². The summed E-state index contributed by atoms with van der Waals surface area (Å²) in [5, 5.41) is 0.296. The van der Waals surface area contributed by atoms with Gasteiger partial charge in [-0.05, 0) is 112 Å². The van der Waals surface area contributed by atoms with Crippen LogP contribution in [0.5, 0.6) is 5.75 Å². The number of aromatic nitrogens is 3. The number of amides is 1. The molecule has 3 heterocycles. The number of allylic oxidation sites excluding steroid dienone is 1. The van der Waals surface area contributed by atoms with Gasteiger partial charge in [-0.1, -0.05) is 25.3 Å². The highest BCUT2D eigenvalue weighted by Gasteiger charge is 2.34. The first-order chi connectivity index (χ1) is 23.6. The number of esters is 1. The number of methoxy groups -OCH3 is 1. The summed E-state index contributed by atoms with van der Waals surface area (Å²) in [6.45, 7) is 5.51. The number of carbonyl (C=O) groups is 2. The van der Waals surface area contributed by atoms with Gasteiger partial charge in [-0.15, -0.1) is 0 Å². The highest BCUT2D eigenvalue weighted by Crippen LogP contribution is 2.48. The van der Waals surface area contributed by atoms with Gasteiger partial charge in [-0.2, -0.15) is 0 Å². The number of sulfonamides is 1. The molecule has 0 unspecified atom stereocenters. The second-order valence-electron chi connectivity index (χ2n) is 13.7. The van der Waals surface area contributed by atoms with E-state index in [1.807, 2.05) is 24.3 Å². The number of rotatable bonds is 9. The molecule has 2 aromatic heterocycles. The zero-order valence-corrected chi connectivity index (χ0v) is 29.4. The minimum absolute atomic E-state index is 0.233. The van der Waals surface area contributed by atoms with E-state index in [0.29, 0.717) is 12.5 Å². The van der Waals surface area contributed by atoms with Crippen molar-refractivity contribution in [2.75, 3.05) is 13.7 Å². The van der Waals surface area contributed by atoms with Crippen LogP contribution in [0.3, 0.4) is 0 Å². The van der Waals surface area contributed by atoms with Crippen LogP contribution in [-0.4, -0.2) is 53.4 Å². The van der Waals surface area contributed by atoms with Crippen molar-refractivity contribution in [2.45, 2.75) is 95.9 Å². The third-order valence-electron chi connectivity index (χ3n) is 10.4. The molecule has 2 aliphatic carbocycles. The van der Waals surface area contributed by atoms with E-state index in [2.05, 4.69) is 31.0 Å². The van der Waals surface area contributed by atoms with Gasteiger partial charge in [-0.25, -0.2) is 22.9 Å². The Balaban J connectivity index is 1.49. The molecule has 0 radical (unpaired) electrons. The molecule has 11 heteroatoms. The van der Waals surface area contributed by atoms with Crippen molar-refractivity contribution < 1.29 is 27.5 Å². The first-order valence-corrected chi connectivity index (χ1v) is 19.0. The average molecular weight is 685 g/mol. The minimum atomic E-state index is -3.83. The summed E-state index contributed by atoms with van der Waals surface area (Å²) in [4.78, 5) is 31.4. The topological polar surface area (TPSA) is 122 Å². The molecule has 10 nitrogen and oxygen atoms in total. The van der Waals surface area contributed by atoms with E-state index in [9.17, 15) is 18.0 Å². The second-order valence-corrected chi connectivity index (χ2v) is 16.0. The number of imidazole rings is 1. The summed E-state index contributed by atoms with van der Waals surface area (Å²) in [6, 6.07) is 11.9. The summed E-state index contributed by atoms with van der Waals surface area (Å²) in [5.74, 6) is -0.0768. The van der Waals surface area contributed by atoms with Crippen LogP contribution in [0.1, 0.15) is 122 Å². The fourth-order valence-electron chi connectivity index (χ4n) is 7.60. The second kappa shape index (κ2) is 13.2. The van der Waals surface area contributed by atoms with Gasteiger partial charge in [-0.3, -0.25) is 4.79 Å². The number of hydrogen-bond donors (Lipinski definition) is 1. The van der Waals surface area contributed by atoms with Crippen molar-refractivity contribution in [3.63, 3.8) is 0 Å². The number of nitrogens with zero attached hydrogens (tertiary/aromatic N) is 3. The summed E-state index contributed by atoms with van der Waals surface area (Å²) in [5.41, 5.74) is 7.35. The van der Waals surface area contributed by atoms with E-state index in [-0.39, 0.29) is 23.9 Å². The van der Waals surface area contributed by atoms with Gasteiger partial charge in [0.15, 0.2) is 5.69 Å². The van der Waals surface area contributed by atoms with Gasteiger partial charge in [0.05, 0.1) is 43.2 Å². The zero-order chi connectivity index (χ0) is 34.4. The predicted molar refractivity (Wildman–Crippen MR) is 190 cm³/mol. The predicted octanol–water partition coefficient (Wildman–Crippen LogP) is 7.49. The number of hydrogen-bond acceptors (Lipinski definition) is 7. The van der Waals surface area contributed by atoms with Crippen molar-refractivity contribution in [1.29, 1.82) is 0 Å². The van der Waals surface area contributed by atoms with Crippen LogP contribution < -0.4 is 9.46 Å². The van der Waals surface area contributed by atoms with Crippen molar-refractivity contribution in [3.05, 3.63) is 70.8 Å². The van der Waals surface area contributed by atoms with Crippen molar-refractivity contribution in [3.8, 4) is 17.0 Å². The molecule has 0 saturated heterocycles. The van der Waals surface area contributed by atoms with Crippen molar-refractivity contribution >= 4 is 44.5 Å². The normalized spacial score (nSPS) is 16.8. The van der Waals surface area contributed by atoms with E-state index in [4.69, 9.17) is 9.47 Å². The third kappa shape index (κ3) is 5.96. The van der Waals surface area contributed by atoms with Gasteiger partial charge >= 0.3 is 5.97 Å². The molecule has 2 aromatic carbocycles. The molecule has 0 atom stereocenters. The molecule has 4 aromatic rings. The standard InChI is InChI=1S/C38H44N4O6S/c1-5-48-38(44)34-35(42(22-39-34)28-12-9-13-28)27-18-26-19-29(47-4)15-17-30(26)36-33(24-10-7-6-8-11-24)31-16-14-25(20-32(31)41(36)21-27)37(43)40-49(45,46)23(2)3/h14-20,22-24,28H,5-13,21H2,1-4H3,(H,40,43). The Morgan fingerprint density at radius 2 is 1.78 bits per heavy atom. The maximum Gasteiger partial charge on any atom is 0.359 e. The highest BCUT2D eigenvalue weighted by atomic mass is 32.2. The Hall–Kier alpha value is -4.38. The van der Waals surface area contributed by atoms with E-state index < -0.39 is 27.1 Å². The Morgan fingerprint density at radius 3 is 2.45 bits per heavy atom. The minimum Gasteiger partial charge on any atom is -0.497 e. The molecule has 49 heavy (non-hydrogen) atoms. The lowest BCUT2D eigenvalue weighted by Crippen LogP contribution is -2.35. The van der Waals surface area contributed by atoms with Gasteiger partial charge < -0.3 is 18.6 Å². The van der Waals surface area contributed by atoms with Crippen molar-refractivity contribution in [1.82, 2.24) is 18.8 Å². The molecule has 2 saturated carbocycles. The lowest BCUT2D eigenvalue weighted by Gasteiger charge is -2.29. The third-order valence-corrected chi connectivity index (χ3v) is 12.2. The molecule has 1 N–H and O–H groups in total. The van der Waals surface area contributed by atoms with Crippen molar-refractivity contribution in [2.24, 2.45) is 0 Å². The SMILES string of the molecule is CCOC(=O)c1ncn(C2CCC2)c1C1=Cc2cc(OC)ccc2-c2c(C3CCCCC3)c3ccc(C(=O)NS(=O)(=O)C(C)C)cc3n2C1. The van der Waals surface area contributed by atoms with E-state index in [1.165, 1.54) is 12.0 Å². The number of ether oxygens (including phenoxy) is 2. The molecule has 3 aliphatic rings. The molecule has 2 fully saturated rings. The smallest absolute Gasteiger partial charge is 0.359 e. The molecule has 0 spiro atoms. The Kier molecular flexibility index (Phi) is 8.89. The van der Waals surface area contributed by atoms with Crippen LogP contribution in [0.2, 0.25) is 0 Å². The summed E-state index contributed by atoms with van der Waals surface area (Å²) in [7, 11) is -2.17. The van der Waals surface area contributed by atoms with Crippen LogP contribution in [0.4, 0.5) is 0 Å². The number of fused-ring (bicyclic) bond motifs is 5. The van der Waals surface area contributed by atoms with Crippen LogP contribution in [0, 0.1) is 0 Å². The monoisotopic (exact) mass is 684 g/mol. The summed E-state index contributed by atoms with van der Waals surface area (Å²) >= 11 is 0. The average Bonchev–Trinajstić information content (AvgIpc) is 3.58. The van der Waals surface area contributed by atoms with Crippen LogP contribution >= 0.6 is 0 Å². The van der Waals surface area contributed by atoms with Gasteiger partial charge in [0.2, 0.25) is 10.0 Å². The molecule has 7 rings (SSSR count). The molecule has 0 bridgehead atoms. The maximum absolute atomic E-state index is 13.4. The van der Waals surface area contributed by atoms with E-state index in [0.717, 1.165) is 89.7 Å². The molecule has 258 valence electrons. The molecular formula is C38H44N4O6S. The number of benzene rings is 2. The van der Waals surface area contributed by atoms with Gasteiger partial charge in [0.25, 0.3) is 5.91 Å². The lowest BCUT2D eigenvalue weighted by atomic mass is 9.81. The van der Waals surface area contributed by atoms with E-state index in [1.54, 1.807) is 40.3 Å². The van der Waals surface area contributed by atoms with Crippen LogP contribution in [0.25, 0.3) is 33.8 Å². The first-order valence-electron chi connectivity index (χ1n) is 17.5. The van der Waals surface area contributed by atoms with Gasteiger partial charge in [0.1, 0.15) is 5.75 Å². The number of nitrogens with one attached hydrogen (secondary N) is 1. The van der Waals surface area contributed by atoms with E-state index >= 15 is 0 Å². The molecule has 1 amide bonds. The summed E-state index contributed by atoms with van der Waals surface area (Å²) < 4.78 is 43.2. The zero-order valence-electron chi connectivity index (χ0n) is 28.6. The van der Waals surface area contributed by atoms with Crippen LogP contribution in [0.15, 0.2) is 42.7 Å². The first kappa shape index (κ1) is 33.1. The summed E-state index contributed by atoms with van der Waals surface area (Å²) in [6.07, 6.45) is 12.7. The lowest BCUT2D eigenvalue weighted by molar-refractivity contribution is 0.0519. The fraction of sp³-hybridized carbons (Fsp3) is 0.447. The molecular weight excluding hydrogens is 641 g/mol.